The summed E-state index contributed by atoms with van der Waals surface area (Å²) in [7, 11) is -1.68. The maximum atomic E-state index is 12.8. The molecule has 0 bridgehead atoms. The summed E-state index contributed by atoms with van der Waals surface area (Å²) in [6.45, 7) is 2.45. The average Bonchev–Trinajstić information content (AvgIpc) is 3.23. The molecule has 0 radical (unpaired) electrons. The van der Waals surface area contributed by atoms with Crippen molar-refractivity contribution in [2.24, 2.45) is 4.99 Å². The van der Waals surface area contributed by atoms with Crippen LogP contribution in [0.2, 0.25) is 0 Å². The molecule has 0 atom stereocenters. The molecule has 0 spiro atoms. The fourth-order valence-corrected chi connectivity index (χ4v) is 5.29. The van der Waals surface area contributed by atoms with Crippen LogP contribution in [0.15, 0.2) is 51.7 Å². The summed E-state index contributed by atoms with van der Waals surface area (Å²) in [4.78, 5) is 5.81. The fraction of sp³-hybridized carbons (Fsp3) is 0.421. The van der Waals surface area contributed by atoms with Gasteiger partial charge in [0.2, 0.25) is 10.0 Å². The van der Waals surface area contributed by atoms with E-state index >= 15 is 0 Å². The summed E-state index contributed by atoms with van der Waals surface area (Å²) < 4.78 is 27.3. The Morgan fingerprint density at radius 1 is 1.11 bits per heavy atom. The van der Waals surface area contributed by atoms with E-state index in [0.29, 0.717) is 37.0 Å². The number of halogens is 1. The molecule has 1 saturated heterocycles. The van der Waals surface area contributed by atoms with Crippen LogP contribution < -0.4 is 10.6 Å². The highest BCUT2D eigenvalue weighted by Crippen LogP contribution is 2.21. The molecule has 2 heterocycles. The number of nitrogens with one attached hydrogen (secondary N) is 2. The van der Waals surface area contributed by atoms with Crippen molar-refractivity contribution in [3.05, 3.63) is 52.2 Å². The molecule has 2 aromatic rings. The molecule has 3 rings (SSSR count). The van der Waals surface area contributed by atoms with E-state index < -0.39 is 10.0 Å². The van der Waals surface area contributed by atoms with Crippen molar-refractivity contribution in [3.8, 4) is 0 Å². The van der Waals surface area contributed by atoms with Crippen LogP contribution in [0.5, 0.6) is 0 Å². The fourth-order valence-electron chi connectivity index (χ4n) is 3.06. The first kappa shape index (κ1) is 23.1. The monoisotopic (exact) mass is 534 g/mol. The molecule has 28 heavy (non-hydrogen) atoms. The highest BCUT2D eigenvalue weighted by Gasteiger charge is 2.25. The van der Waals surface area contributed by atoms with Gasteiger partial charge in [-0.1, -0.05) is 24.6 Å². The lowest BCUT2D eigenvalue weighted by Gasteiger charge is -2.26. The van der Waals surface area contributed by atoms with Gasteiger partial charge in [-0.3, -0.25) is 4.99 Å². The van der Waals surface area contributed by atoms with E-state index in [-0.39, 0.29) is 24.0 Å². The van der Waals surface area contributed by atoms with E-state index in [2.05, 4.69) is 21.7 Å². The summed E-state index contributed by atoms with van der Waals surface area (Å²) in [6.07, 6.45) is 2.98. The molecule has 0 amide bonds. The van der Waals surface area contributed by atoms with Crippen molar-refractivity contribution in [1.29, 1.82) is 0 Å². The Bertz CT molecular complexity index is 864. The Morgan fingerprint density at radius 2 is 1.86 bits per heavy atom. The maximum Gasteiger partial charge on any atom is 0.243 e. The minimum atomic E-state index is -3.41. The second-order valence-electron chi connectivity index (χ2n) is 6.47. The van der Waals surface area contributed by atoms with E-state index in [4.69, 9.17) is 0 Å². The molecule has 6 nitrogen and oxygen atoms in total. The van der Waals surface area contributed by atoms with Crippen molar-refractivity contribution in [3.63, 3.8) is 0 Å². The first-order valence-corrected chi connectivity index (χ1v) is 11.5. The summed E-state index contributed by atoms with van der Waals surface area (Å²) in [5, 5.41) is 8.55. The number of nitrogens with zero attached hydrogens (tertiary/aromatic N) is 2. The van der Waals surface area contributed by atoms with Crippen LogP contribution in [-0.4, -0.2) is 38.8 Å². The smallest absolute Gasteiger partial charge is 0.243 e. The second kappa shape index (κ2) is 11.1. The van der Waals surface area contributed by atoms with E-state index in [9.17, 15) is 8.42 Å². The average molecular weight is 534 g/mol. The molecule has 1 fully saturated rings. The van der Waals surface area contributed by atoms with Crippen LogP contribution >= 0.6 is 35.3 Å². The van der Waals surface area contributed by atoms with E-state index in [1.807, 2.05) is 17.5 Å². The van der Waals surface area contributed by atoms with Crippen LogP contribution in [-0.2, 0) is 23.1 Å². The standard InChI is InChI=1S/C19H26N4O2S2.HI/c1-20-19(22-15-17-8-6-12-26-17)21-14-16-7-5-9-18(13-16)27(24,25)23-10-3-2-4-11-23;/h5-9,12-13H,2-4,10-11,14-15H2,1H3,(H2,20,21,22);1H. The highest BCUT2D eigenvalue weighted by atomic mass is 127. The molecule has 0 unspecified atom stereocenters. The molecule has 0 saturated carbocycles. The number of guanidine groups is 1. The van der Waals surface area contributed by atoms with Gasteiger partial charge < -0.3 is 10.6 Å². The molecule has 0 aliphatic carbocycles. The molecular weight excluding hydrogens is 507 g/mol. The van der Waals surface area contributed by atoms with Crippen LogP contribution in [0, 0.1) is 0 Å². The van der Waals surface area contributed by atoms with E-state index in [1.165, 1.54) is 4.88 Å². The van der Waals surface area contributed by atoms with E-state index in [0.717, 1.165) is 24.8 Å². The summed E-state index contributed by atoms with van der Waals surface area (Å²) in [6, 6.07) is 11.2. The van der Waals surface area contributed by atoms with Crippen molar-refractivity contribution in [2.75, 3.05) is 20.1 Å². The Hall–Kier alpha value is -1.17. The predicted molar refractivity (Wildman–Crippen MR) is 126 cm³/mol. The number of sulfonamides is 1. The number of benzene rings is 1. The number of hydrogen-bond acceptors (Lipinski definition) is 4. The number of aliphatic imine (C=N–C) groups is 1. The predicted octanol–water partition coefficient (Wildman–Crippen LogP) is 3.41. The summed E-state index contributed by atoms with van der Waals surface area (Å²) in [5.74, 6) is 0.688. The third-order valence-electron chi connectivity index (χ3n) is 4.54. The molecule has 2 N–H and O–H groups in total. The van der Waals surface area contributed by atoms with Gasteiger partial charge in [0.05, 0.1) is 11.4 Å². The summed E-state index contributed by atoms with van der Waals surface area (Å²) >= 11 is 1.69. The van der Waals surface area contributed by atoms with Gasteiger partial charge in [-0.2, -0.15) is 4.31 Å². The Balaban J connectivity index is 0.00000280. The zero-order valence-electron chi connectivity index (χ0n) is 15.9. The third kappa shape index (κ3) is 6.16. The topological polar surface area (TPSA) is 73.8 Å². The van der Waals surface area contributed by atoms with Gasteiger partial charge in [0, 0.05) is 31.6 Å². The first-order valence-electron chi connectivity index (χ1n) is 9.15. The third-order valence-corrected chi connectivity index (χ3v) is 7.32. The van der Waals surface area contributed by atoms with Crippen molar-refractivity contribution < 1.29 is 8.42 Å². The van der Waals surface area contributed by atoms with Crippen LogP contribution in [0.4, 0.5) is 0 Å². The van der Waals surface area contributed by atoms with E-state index in [1.54, 1.807) is 40.9 Å². The van der Waals surface area contributed by atoms with Crippen molar-refractivity contribution in [1.82, 2.24) is 14.9 Å². The lowest BCUT2D eigenvalue weighted by atomic mass is 10.2. The Labute approximate surface area is 188 Å². The molecule has 1 aliphatic rings. The molecule has 1 aliphatic heterocycles. The normalized spacial score (nSPS) is 15.7. The molecular formula is C19H27IN4O2S2. The largest absolute Gasteiger partial charge is 0.352 e. The van der Waals surface area contributed by atoms with Crippen molar-refractivity contribution in [2.45, 2.75) is 37.2 Å². The van der Waals surface area contributed by atoms with Crippen LogP contribution in [0.1, 0.15) is 29.7 Å². The second-order valence-corrected chi connectivity index (χ2v) is 9.44. The zero-order valence-corrected chi connectivity index (χ0v) is 19.9. The number of rotatable bonds is 6. The first-order chi connectivity index (χ1) is 13.1. The lowest BCUT2D eigenvalue weighted by molar-refractivity contribution is 0.346. The van der Waals surface area contributed by atoms with Gasteiger partial charge in [0.15, 0.2) is 5.96 Å². The minimum absolute atomic E-state index is 0. The quantitative estimate of drug-likeness (QED) is 0.339. The Morgan fingerprint density at radius 3 is 2.54 bits per heavy atom. The number of piperidine rings is 1. The lowest BCUT2D eigenvalue weighted by Crippen LogP contribution is -2.36. The molecule has 1 aromatic heterocycles. The maximum absolute atomic E-state index is 12.8. The minimum Gasteiger partial charge on any atom is -0.352 e. The number of hydrogen-bond donors (Lipinski definition) is 2. The van der Waals surface area contributed by atoms with Gasteiger partial charge in [-0.15, -0.1) is 35.3 Å². The van der Waals surface area contributed by atoms with Gasteiger partial charge in [-0.25, -0.2) is 8.42 Å². The van der Waals surface area contributed by atoms with Crippen LogP contribution in [0.25, 0.3) is 0 Å². The van der Waals surface area contributed by atoms with Gasteiger partial charge >= 0.3 is 0 Å². The SMILES string of the molecule is CN=C(NCc1cccc(S(=O)(=O)N2CCCCC2)c1)NCc1cccs1.I. The molecule has 1 aromatic carbocycles. The van der Waals surface area contributed by atoms with Gasteiger partial charge in [0.25, 0.3) is 0 Å². The summed E-state index contributed by atoms with van der Waals surface area (Å²) in [5.41, 5.74) is 0.909. The molecule has 154 valence electrons. The Kier molecular flexibility index (Phi) is 9.19. The highest BCUT2D eigenvalue weighted by molar-refractivity contribution is 14.0. The van der Waals surface area contributed by atoms with Crippen molar-refractivity contribution >= 4 is 51.3 Å². The van der Waals surface area contributed by atoms with Gasteiger partial charge in [-0.05, 0) is 42.0 Å². The van der Waals surface area contributed by atoms with Gasteiger partial charge in [0.1, 0.15) is 0 Å². The number of thiophene rings is 1. The molecule has 9 heteroatoms. The van der Waals surface area contributed by atoms with Crippen LogP contribution in [0.3, 0.4) is 0 Å². The zero-order chi connectivity index (χ0) is 19.1.